The molecule has 1 aliphatic heterocycles. The van der Waals surface area contributed by atoms with Gasteiger partial charge in [0.2, 0.25) is 11.8 Å². The number of hydrogen-bond donors (Lipinski definition) is 0. The van der Waals surface area contributed by atoms with Crippen molar-refractivity contribution in [2.45, 2.75) is 26.3 Å². The quantitative estimate of drug-likeness (QED) is 0.378. The Bertz CT molecular complexity index is 1210. The van der Waals surface area contributed by atoms with Gasteiger partial charge in [0, 0.05) is 36.0 Å². The van der Waals surface area contributed by atoms with Gasteiger partial charge in [0.15, 0.2) is 4.80 Å². The predicted molar refractivity (Wildman–Crippen MR) is 122 cm³/mol. The number of carbonyl (C=O) groups excluding carboxylic acids is 3. The molecular formula is C22H20BrN3O4S. The molecule has 1 fully saturated rings. The van der Waals surface area contributed by atoms with Crippen LogP contribution in [-0.2, 0) is 20.9 Å². The highest BCUT2D eigenvalue weighted by molar-refractivity contribution is 9.10. The van der Waals surface area contributed by atoms with Crippen molar-refractivity contribution in [1.29, 1.82) is 0 Å². The van der Waals surface area contributed by atoms with Crippen molar-refractivity contribution < 1.29 is 19.1 Å². The van der Waals surface area contributed by atoms with Crippen molar-refractivity contribution in [3.05, 3.63) is 57.3 Å². The summed E-state index contributed by atoms with van der Waals surface area (Å²) in [6, 6.07) is 12.3. The summed E-state index contributed by atoms with van der Waals surface area (Å²) in [6.45, 7) is 3.66. The number of amides is 3. The van der Waals surface area contributed by atoms with Gasteiger partial charge in [-0.3, -0.25) is 19.3 Å². The van der Waals surface area contributed by atoms with Crippen molar-refractivity contribution in [2.75, 3.05) is 18.1 Å². The SMILES string of the molecule is CCOCCn1c(=NC(=O)c2ccc(N3C(=O)CCC3=O)cc2)sc2cc(Br)ccc21. The van der Waals surface area contributed by atoms with Crippen LogP contribution >= 0.6 is 27.3 Å². The average Bonchev–Trinajstić information content (AvgIpc) is 3.26. The fourth-order valence-electron chi connectivity index (χ4n) is 3.42. The summed E-state index contributed by atoms with van der Waals surface area (Å²) in [4.78, 5) is 42.8. The smallest absolute Gasteiger partial charge is 0.279 e. The molecule has 0 radical (unpaired) electrons. The first-order valence-electron chi connectivity index (χ1n) is 9.89. The number of anilines is 1. The third-order valence-corrected chi connectivity index (χ3v) is 6.46. The molecule has 4 rings (SSSR count). The van der Waals surface area contributed by atoms with Crippen molar-refractivity contribution in [3.63, 3.8) is 0 Å². The number of halogens is 1. The number of benzene rings is 2. The number of aromatic nitrogens is 1. The van der Waals surface area contributed by atoms with E-state index in [4.69, 9.17) is 4.74 Å². The maximum absolute atomic E-state index is 12.8. The number of rotatable bonds is 6. The van der Waals surface area contributed by atoms with Crippen LogP contribution in [0.15, 0.2) is 51.9 Å². The lowest BCUT2D eigenvalue weighted by Gasteiger charge is -2.13. The van der Waals surface area contributed by atoms with E-state index in [2.05, 4.69) is 20.9 Å². The molecule has 2 aromatic carbocycles. The number of fused-ring (bicyclic) bond motifs is 1. The van der Waals surface area contributed by atoms with Crippen molar-refractivity contribution in [1.82, 2.24) is 4.57 Å². The van der Waals surface area contributed by atoms with Crippen LogP contribution in [0.3, 0.4) is 0 Å². The number of nitrogens with zero attached hydrogens (tertiary/aromatic N) is 3. The van der Waals surface area contributed by atoms with Gasteiger partial charge >= 0.3 is 0 Å². The Morgan fingerprint density at radius 2 is 1.84 bits per heavy atom. The van der Waals surface area contributed by atoms with Crippen molar-refractivity contribution >= 4 is 60.9 Å². The van der Waals surface area contributed by atoms with Gasteiger partial charge in [-0.15, -0.1) is 0 Å². The minimum Gasteiger partial charge on any atom is -0.380 e. The second kappa shape index (κ2) is 9.25. The summed E-state index contributed by atoms with van der Waals surface area (Å²) >= 11 is 4.92. The molecule has 2 heterocycles. The van der Waals surface area contributed by atoms with Crippen molar-refractivity contribution in [3.8, 4) is 0 Å². The molecule has 0 atom stereocenters. The van der Waals surface area contributed by atoms with Crippen LogP contribution in [0.4, 0.5) is 5.69 Å². The van der Waals surface area contributed by atoms with Gasteiger partial charge in [-0.05, 0) is 49.4 Å². The molecule has 1 aromatic heterocycles. The lowest BCUT2D eigenvalue weighted by molar-refractivity contribution is -0.121. The van der Waals surface area contributed by atoms with Gasteiger partial charge in [0.25, 0.3) is 5.91 Å². The summed E-state index contributed by atoms with van der Waals surface area (Å²) < 4.78 is 9.44. The Labute approximate surface area is 191 Å². The number of ether oxygens (including phenoxy) is 1. The lowest BCUT2D eigenvalue weighted by Crippen LogP contribution is -2.28. The first-order chi connectivity index (χ1) is 15.0. The highest BCUT2D eigenvalue weighted by Crippen LogP contribution is 2.24. The summed E-state index contributed by atoms with van der Waals surface area (Å²) in [5.41, 5.74) is 1.85. The van der Waals surface area contributed by atoms with Crippen LogP contribution in [-0.4, -0.2) is 35.5 Å². The van der Waals surface area contributed by atoms with E-state index in [-0.39, 0.29) is 30.6 Å². The van der Waals surface area contributed by atoms with Crippen molar-refractivity contribution in [2.24, 2.45) is 4.99 Å². The first-order valence-corrected chi connectivity index (χ1v) is 11.5. The van der Waals surface area contributed by atoms with E-state index in [1.165, 1.54) is 11.3 Å². The molecule has 1 aliphatic rings. The number of imide groups is 1. The van der Waals surface area contributed by atoms with Gasteiger partial charge in [-0.1, -0.05) is 27.3 Å². The van der Waals surface area contributed by atoms with E-state index in [0.717, 1.165) is 19.6 Å². The maximum atomic E-state index is 12.8. The van der Waals surface area contributed by atoms with Gasteiger partial charge < -0.3 is 9.30 Å². The molecule has 0 unspecified atom stereocenters. The topological polar surface area (TPSA) is 81.0 Å². The molecule has 0 bridgehead atoms. The van der Waals surface area contributed by atoms with E-state index in [1.54, 1.807) is 24.3 Å². The predicted octanol–water partition coefficient (Wildman–Crippen LogP) is 3.90. The minimum absolute atomic E-state index is 0.221. The van der Waals surface area contributed by atoms with Crippen LogP contribution in [0.5, 0.6) is 0 Å². The summed E-state index contributed by atoms with van der Waals surface area (Å²) in [5, 5.41) is 0. The maximum Gasteiger partial charge on any atom is 0.279 e. The molecule has 3 amide bonds. The largest absolute Gasteiger partial charge is 0.380 e. The van der Waals surface area contributed by atoms with Gasteiger partial charge in [-0.2, -0.15) is 4.99 Å². The van der Waals surface area contributed by atoms with E-state index < -0.39 is 0 Å². The Kier molecular flexibility index (Phi) is 6.45. The zero-order valence-corrected chi connectivity index (χ0v) is 19.2. The molecule has 3 aromatic rings. The van der Waals surface area contributed by atoms with Crippen LogP contribution in [0.25, 0.3) is 10.2 Å². The molecule has 1 saturated heterocycles. The zero-order chi connectivity index (χ0) is 22.0. The summed E-state index contributed by atoms with van der Waals surface area (Å²) in [7, 11) is 0. The molecule has 160 valence electrons. The monoisotopic (exact) mass is 501 g/mol. The standard InChI is InChI=1S/C22H20BrN3O4S/c1-2-30-12-11-25-17-8-5-15(23)13-18(17)31-22(25)24-21(29)14-3-6-16(7-4-14)26-19(27)9-10-20(26)28/h3-8,13H,2,9-12H2,1H3. The highest BCUT2D eigenvalue weighted by Gasteiger charge is 2.30. The van der Waals surface area contributed by atoms with Crippen LogP contribution in [0, 0.1) is 0 Å². The Morgan fingerprint density at radius 3 is 2.52 bits per heavy atom. The number of thiazole rings is 1. The van der Waals surface area contributed by atoms with Crippen LogP contribution in [0.2, 0.25) is 0 Å². The third kappa shape index (κ3) is 4.53. The molecule has 0 aliphatic carbocycles. The molecule has 0 saturated carbocycles. The van der Waals surface area contributed by atoms with E-state index >= 15 is 0 Å². The highest BCUT2D eigenvalue weighted by atomic mass is 79.9. The molecule has 31 heavy (non-hydrogen) atoms. The summed E-state index contributed by atoms with van der Waals surface area (Å²) in [5.74, 6) is -0.831. The molecule has 0 N–H and O–H groups in total. The second-order valence-corrected chi connectivity index (χ2v) is 8.86. The third-order valence-electron chi connectivity index (χ3n) is 4.93. The normalized spacial score (nSPS) is 14.8. The number of hydrogen-bond acceptors (Lipinski definition) is 5. The average molecular weight is 502 g/mol. The van der Waals surface area contributed by atoms with E-state index in [1.807, 2.05) is 29.7 Å². The van der Waals surface area contributed by atoms with Gasteiger partial charge in [0.05, 0.1) is 22.5 Å². The minimum atomic E-state index is -0.388. The van der Waals surface area contributed by atoms with E-state index in [0.29, 0.717) is 35.8 Å². The molecule has 0 spiro atoms. The molecular weight excluding hydrogens is 482 g/mol. The zero-order valence-electron chi connectivity index (χ0n) is 16.8. The Balaban J connectivity index is 1.66. The Morgan fingerprint density at radius 1 is 1.13 bits per heavy atom. The van der Waals surface area contributed by atoms with E-state index in [9.17, 15) is 14.4 Å². The summed E-state index contributed by atoms with van der Waals surface area (Å²) in [6.07, 6.45) is 0.442. The molecule has 9 heteroatoms. The van der Waals surface area contributed by atoms with Gasteiger partial charge in [-0.25, -0.2) is 0 Å². The lowest BCUT2D eigenvalue weighted by atomic mass is 10.2. The van der Waals surface area contributed by atoms with Gasteiger partial charge in [0.1, 0.15) is 0 Å². The number of carbonyl (C=O) groups is 3. The fraction of sp³-hybridized carbons (Fsp3) is 0.273. The first kappa shape index (κ1) is 21.6. The van der Waals surface area contributed by atoms with Crippen LogP contribution < -0.4 is 9.70 Å². The fourth-order valence-corrected chi connectivity index (χ4v) is 5.02. The Hall–Kier alpha value is -2.62. The molecule has 7 nitrogen and oxygen atoms in total. The second-order valence-electron chi connectivity index (χ2n) is 6.93. The van der Waals surface area contributed by atoms with Crippen LogP contribution in [0.1, 0.15) is 30.1 Å².